The number of hydrogen-bond donors (Lipinski definition) is 1. The maximum atomic E-state index is 13.1. The first-order chi connectivity index (χ1) is 8.65. The zero-order valence-electron chi connectivity index (χ0n) is 10.9. The van der Waals surface area contributed by atoms with Crippen LogP contribution in [-0.2, 0) is 13.1 Å². The Balaban J connectivity index is 2.07. The smallest absolute Gasteiger partial charge is 0.123 e. The van der Waals surface area contributed by atoms with Gasteiger partial charge in [0, 0.05) is 31.0 Å². The zero-order valence-corrected chi connectivity index (χ0v) is 10.9. The van der Waals surface area contributed by atoms with Crippen molar-refractivity contribution in [2.24, 2.45) is 0 Å². The van der Waals surface area contributed by atoms with Crippen molar-refractivity contribution >= 4 is 0 Å². The number of nitrogens with zero attached hydrogens (tertiary/aromatic N) is 1. The molecule has 1 heterocycles. The quantitative estimate of drug-likeness (QED) is 0.857. The molecule has 0 amide bonds. The highest BCUT2D eigenvalue weighted by molar-refractivity contribution is 5.18. The molecular formula is C15H19FN2. The number of aromatic nitrogens is 1. The predicted octanol–water partition coefficient (Wildman–Crippen LogP) is 3.17. The number of benzene rings is 1. The van der Waals surface area contributed by atoms with Crippen LogP contribution in [0.2, 0.25) is 0 Å². The van der Waals surface area contributed by atoms with Crippen molar-refractivity contribution in [3.8, 4) is 0 Å². The second-order valence-electron chi connectivity index (χ2n) is 4.79. The third-order valence-electron chi connectivity index (χ3n) is 2.86. The molecule has 0 atom stereocenters. The molecule has 0 saturated heterocycles. The van der Waals surface area contributed by atoms with Crippen molar-refractivity contribution in [3.63, 3.8) is 0 Å². The van der Waals surface area contributed by atoms with Crippen molar-refractivity contribution in [2.75, 3.05) is 0 Å². The number of nitrogens with one attached hydrogen (secondary N) is 1. The van der Waals surface area contributed by atoms with Crippen LogP contribution >= 0.6 is 0 Å². The van der Waals surface area contributed by atoms with Gasteiger partial charge in [-0.2, -0.15) is 0 Å². The molecule has 1 N–H and O–H groups in total. The molecule has 2 aromatic rings. The van der Waals surface area contributed by atoms with Crippen molar-refractivity contribution in [3.05, 3.63) is 59.7 Å². The molecule has 0 aliphatic rings. The van der Waals surface area contributed by atoms with E-state index >= 15 is 0 Å². The largest absolute Gasteiger partial charge is 0.346 e. The van der Waals surface area contributed by atoms with Crippen molar-refractivity contribution in [2.45, 2.75) is 33.0 Å². The van der Waals surface area contributed by atoms with Crippen LogP contribution in [0.5, 0.6) is 0 Å². The van der Waals surface area contributed by atoms with Gasteiger partial charge in [-0.3, -0.25) is 0 Å². The SMILES string of the molecule is CC(C)NCc1cccn1Cc1cccc(F)c1. The molecule has 0 unspecified atom stereocenters. The van der Waals surface area contributed by atoms with Gasteiger partial charge in [0.05, 0.1) is 0 Å². The standard InChI is InChI=1S/C15H19FN2/c1-12(2)17-10-15-7-4-8-18(15)11-13-5-3-6-14(16)9-13/h3-9,12,17H,10-11H2,1-2H3. The summed E-state index contributed by atoms with van der Waals surface area (Å²) in [4.78, 5) is 0. The summed E-state index contributed by atoms with van der Waals surface area (Å²) in [7, 11) is 0. The lowest BCUT2D eigenvalue weighted by Gasteiger charge is -2.12. The molecule has 0 bridgehead atoms. The van der Waals surface area contributed by atoms with E-state index in [1.807, 2.05) is 18.3 Å². The monoisotopic (exact) mass is 246 g/mol. The zero-order chi connectivity index (χ0) is 13.0. The third kappa shape index (κ3) is 3.44. The summed E-state index contributed by atoms with van der Waals surface area (Å²) in [6.45, 7) is 5.79. The normalized spacial score (nSPS) is 11.1. The van der Waals surface area contributed by atoms with Gasteiger partial charge in [-0.15, -0.1) is 0 Å². The van der Waals surface area contributed by atoms with Gasteiger partial charge >= 0.3 is 0 Å². The fourth-order valence-corrected chi connectivity index (χ4v) is 1.90. The van der Waals surface area contributed by atoms with E-state index in [0.29, 0.717) is 12.6 Å². The first-order valence-electron chi connectivity index (χ1n) is 6.27. The lowest BCUT2D eigenvalue weighted by atomic mass is 10.2. The molecule has 0 fully saturated rings. The van der Waals surface area contributed by atoms with Crippen LogP contribution < -0.4 is 5.32 Å². The highest BCUT2D eigenvalue weighted by Gasteiger charge is 2.03. The van der Waals surface area contributed by atoms with E-state index < -0.39 is 0 Å². The maximum absolute atomic E-state index is 13.1. The van der Waals surface area contributed by atoms with Crippen LogP contribution in [0.1, 0.15) is 25.1 Å². The number of rotatable bonds is 5. The Hall–Kier alpha value is -1.61. The Kier molecular flexibility index (Phi) is 4.15. The Morgan fingerprint density at radius 1 is 1.22 bits per heavy atom. The third-order valence-corrected chi connectivity index (χ3v) is 2.86. The minimum absolute atomic E-state index is 0.179. The molecule has 0 spiro atoms. The summed E-state index contributed by atoms with van der Waals surface area (Å²) in [5.41, 5.74) is 2.20. The average molecular weight is 246 g/mol. The molecule has 18 heavy (non-hydrogen) atoms. The minimum Gasteiger partial charge on any atom is -0.346 e. The Morgan fingerprint density at radius 3 is 2.78 bits per heavy atom. The first-order valence-corrected chi connectivity index (χ1v) is 6.27. The van der Waals surface area contributed by atoms with Crippen LogP contribution in [0, 0.1) is 5.82 Å². The summed E-state index contributed by atoms with van der Waals surface area (Å²) >= 11 is 0. The summed E-state index contributed by atoms with van der Waals surface area (Å²) in [6, 6.07) is 11.3. The van der Waals surface area contributed by atoms with Gasteiger partial charge in [0.15, 0.2) is 0 Å². The lowest BCUT2D eigenvalue weighted by Crippen LogP contribution is -2.23. The summed E-state index contributed by atoms with van der Waals surface area (Å²) in [5, 5.41) is 3.39. The maximum Gasteiger partial charge on any atom is 0.123 e. The van der Waals surface area contributed by atoms with Gasteiger partial charge < -0.3 is 9.88 Å². The molecular weight excluding hydrogens is 227 g/mol. The van der Waals surface area contributed by atoms with Crippen LogP contribution in [0.15, 0.2) is 42.6 Å². The highest BCUT2D eigenvalue weighted by atomic mass is 19.1. The highest BCUT2D eigenvalue weighted by Crippen LogP contribution is 2.09. The second-order valence-corrected chi connectivity index (χ2v) is 4.79. The van der Waals surface area contributed by atoms with Gasteiger partial charge in [0.25, 0.3) is 0 Å². The Morgan fingerprint density at radius 2 is 2.06 bits per heavy atom. The molecule has 2 nitrogen and oxygen atoms in total. The molecule has 0 radical (unpaired) electrons. The Bertz CT molecular complexity index is 503. The number of hydrogen-bond acceptors (Lipinski definition) is 1. The van der Waals surface area contributed by atoms with E-state index in [1.54, 1.807) is 12.1 Å². The number of halogens is 1. The molecule has 0 aliphatic carbocycles. The summed E-state index contributed by atoms with van der Waals surface area (Å²) < 4.78 is 15.3. The minimum atomic E-state index is -0.179. The molecule has 0 aliphatic heterocycles. The van der Waals surface area contributed by atoms with Gasteiger partial charge in [-0.05, 0) is 29.8 Å². The van der Waals surface area contributed by atoms with Gasteiger partial charge in [-0.1, -0.05) is 26.0 Å². The van der Waals surface area contributed by atoms with Gasteiger partial charge in [0.2, 0.25) is 0 Å². The van der Waals surface area contributed by atoms with E-state index in [9.17, 15) is 4.39 Å². The lowest BCUT2D eigenvalue weighted by molar-refractivity contribution is 0.563. The first kappa shape index (κ1) is 12.8. The van der Waals surface area contributed by atoms with Crippen molar-refractivity contribution in [1.82, 2.24) is 9.88 Å². The van der Waals surface area contributed by atoms with Crippen LogP contribution in [-0.4, -0.2) is 10.6 Å². The fourth-order valence-electron chi connectivity index (χ4n) is 1.90. The molecule has 2 rings (SSSR count). The second kappa shape index (κ2) is 5.83. The predicted molar refractivity (Wildman–Crippen MR) is 71.9 cm³/mol. The van der Waals surface area contributed by atoms with Crippen molar-refractivity contribution in [1.29, 1.82) is 0 Å². The summed E-state index contributed by atoms with van der Waals surface area (Å²) in [6.07, 6.45) is 2.03. The Labute approximate surface area is 107 Å². The molecule has 0 saturated carbocycles. The van der Waals surface area contributed by atoms with Crippen LogP contribution in [0.3, 0.4) is 0 Å². The molecule has 1 aromatic heterocycles. The summed E-state index contributed by atoms with van der Waals surface area (Å²) in [5.74, 6) is -0.179. The van der Waals surface area contributed by atoms with Gasteiger partial charge in [0.1, 0.15) is 5.82 Å². The van der Waals surface area contributed by atoms with Crippen LogP contribution in [0.25, 0.3) is 0 Å². The molecule has 1 aromatic carbocycles. The van der Waals surface area contributed by atoms with Gasteiger partial charge in [-0.25, -0.2) is 4.39 Å². The topological polar surface area (TPSA) is 17.0 Å². The van der Waals surface area contributed by atoms with E-state index in [1.165, 1.54) is 11.8 Å². The average Bonchev–Trinajstić information content (AvgIpc) is 2.74. The van der Waals surface area contributed by atoms with E-state index in [-0.39, 0.29) is 5.82 Å². The van der Waals surface area contributed by atoms with Crippen molar-refractivity contribution < 1.29 is 4.39 Å². The van der Waals surface area contributed by atoms with E-state index in [0.717, 1.165) is 12.1 Å². The van der Waals surface area contributed by atoms with E-state index in [4.69, 9.17) is 0 Å². The van der Waals surface area contributed by atoms with E-state index in [2.05, 4.69) is 29.8 Å². The fraction of sp³-hybridized carbons (Fsp3) is 0.333. The molecule has 96 valence electrons. The van der Waals surface area contributed by atoms with Crippen LogP contribution in [0.4, 0.5) is 4.39 Å². The molecule has 3 heteroatoms.